The lowest BCUT2D eigenvalue weighted by molar-refractivity contribution is -0.113. The van der Waals surface area contributed by atoms with Gasteiger partial charge in [0, 0.05) is 0 Å². The van der Waals surface area contributed by atoms with Gasteiger partial charge in [0.2, 0.25) is 5.91 Å². The number of carbonyl (C=O) groups excluding carboxylic acids is 1. The van der Waals surface area contributed by atoms with Gasteiger partial charge in [-0.2, -0.15) is 0 Å². The molecule has 0 aliphatic rings. The molecule has 0 saturated heterocycles. The summed E-state index contributed by atoms with van der Waals surface area (Å²) < 4.78 is 5.48. The van der Waals surface area contributed by atoms with Gasteiger partial charge in [-0.05, 0) is 31.2 Å². The van der Waals surface area contributed by atoms with Crippen LogP contribution in [0.3, 0.4) is 0 Å². The maximum absolute atomic E-state index is 12.2. The van der Waals surface area contributed by atoms with Crippen molar-refractivity contribution in [3.8, 4) is 5.75 Å². The largest absolute Gasteiger partial charge is 0.492 e. The highest BCUT2D eigenvalue weighted by molar-refractivity contribution is 7.99. The fourth-order valence-electron chi connectivity index (χ4n) is 2.30. The molecule has 1 aromatic heterocycles. The van der Waals surface area contributed by atoms with Crippen molar-refractivity contribution in [1.29, 1.82) is 0 Å². The highest BCUT2D eigenvalue weighted by Crippen LogP contribution is 2.24. The lowest BCUT2D eigenvalue weighted by atomic mass is 10.2. The van der Waals surface area contributed by atoms with Crippen LogP contribution in [0.4, 0.5) is 5.69 Å². The zero-order chi connectivity index (χ0) is 17.6. The number of nitrogens with one attached hydrogen (secondary N) is 2. The first-order valence-corrected chi connectivity index (χ1v) is 8.79. The van der Waals surface area contributed by atoms with Crippen molar-refractivity contribution in [1.82, 2.24) is 9.97 Å². The number of aromatic nitrogens is 2. The Morgan fingerprint density at radius 2 is 1.96 bits per heavy atom. The molecule has 3 rings (SSSR count). The van der Waals surface area contributed by atoms with E-state index in [2.05, 4.69) is 15.3 Å². The van der Waals surface area contributed by atoms with Crippen molar-refractivity contribution in [3.63, 3.8) is 0 Å². The Bertz CT molecular complexity index is 955. The average molecular weight is 355 g/mol. The van der Waals surface area contributed by atoms with E-state index in [1.165, 1.54) is 11.8 Å². The van der Waals surface area contributed by atoms with Gasteiger partial charge in [-0.15, -0.1) is 0 Å². The summed E-state index contributed by atoms with van der Waals surface area (Å²) in [5.74, 6) is 0.551. The molecular weight excluding hydrogens is 338 g/mol. The molecular formula is C18H17N3O3S. The number of amides is 1. The Kier molecular flexibility index (Phi) is 5.35. The fourth-order valence-corrected chi connectivity index (χ4v) is 2.97. The zero-order valence-corrected chi connectivity index (χ0v) is 14.4. The summed E-state index contributed by atoms with van der Waals surface area (Å²) in [6.45, 7) is 2.40. The minimum absolute atomic E-state index is 0.127. The molecule has 0 aliphatic carbocycles. The van der Waals surface area contributed by atoms with Crippen LogP contribution in [0.1, 0.15) is 6.92 Å². The number of anilines is 1. The molecule has 0 unspecified atom stereocenters. The molecule has 7 heteroatoms. The molecule has 2 aromatic carbocycles. The van der Waals surface area contributed by atoms with E-state index >= 15 is 0 Å². The van der Waals surface area contributed by atoms with Gasteiger partial charge >= 0.3 is 0 Å². The van der Waals surface area contributed by atoms with Crippen LogP contribution in [0.2, 0.25) is 0 Å². The number of nitrogens with zero attached hydrogens (tertiary/aromatic N) is 1. The summed E-state index contributed by atoms with van der Waals surface area (Å²) in [4.78, 5) is 31.3. The van der Waals surface area contributed by atoms with E-state index in [9.17, 15) is 9.59 Å². The van der Waals surface area contributed by atoms with E-state index < -0.39 is 0 Å². The molecule has 0 spiro atoms. The van der Waals surface area contributed by atoms with E-state index in [4.69, 9.17) is 4.74 Å². The Morgan fingerprint density at radius 3 is 2.80 bits per heavy atom. The van der Waals surface area contributed by atoms with Crippen molar-refractivity contribution >= 4 is 34.3 Å². The molecule has 1 heterocycles. The predicted octanol–water partition coefficient (Wildman–Crippen LogP) is 3.05. The number of thioether (sulfide) groups is 1. The van der Waals surface area contributed by atoms with Gasteiger partial charge in [0.05, 0.1) is 29.0 Å². The van der Waals surface area contributed by atoms with Crippen molar-refractivity contribution in [3.05, 3.63) is 58.9 Å². The number of carbonyl (C=O) groups is 1. The van der Waals surface area contributed by atoms with Gasteiger partial charge in [0.1, 0.15) is 5.75 Å². The molecule has 1 amide bonds. The van der Waals surface area contributed by atoms with Crippen LogP contribution in [0.5, 0.6) is 5.75 Å². The highest BCUT2D eigenvalue weighted by atomic mass is 32.2. The highest BCUT2D eigenvalue weighted by Gasteiger charge is 2.10. The summed E-state index contributed by atoms with van der Waals surface area (Å²) in [5, 5.41) is 3.76. The predicted molar refractivity (Wildman–Crippen MR) is 99.3 cm³/mol. The normalized spacial score (nSPS) is 10.6. The number of fused-ring (bicyclic) bond motifs is 1. The van der Waals surface area contributed by atoms with E-state index in [1.54, 1.807) is 30.3 Å². The van der Waals surface area contributed by atoms with E-state index in [-0.39, 0.29) is 17.2 Å². The smallest absolute Gasteiger partial charge is 0.259 e. The van der Waals surface area contributed by atoms with Crippen LogP contribution in [0, 0.1) is 0 Å². The first-order valence-electron chi connectivity index (χ1n) is 7.81. The van der Waals surface area contributed by atoms with E-state index in [1.807, 2.05) is 25.1 Å². The Hall–Kier alpha value is -2.80. The van der Waals surface area contributed by atoms with Crippen LogP contribution < -0.4 is 15.6 Å². The maximum atomic E-state index is 12.2. The van der Waals surface area contributed by atoms with Crippen molar-refractivity contribution in [2.75, 3.05) is 17.7 Å². The first-order chi connectivity index (χ1) is 12.2. The molecule has 6 nitrogen and oxygen atoms in total. The number of ether oxygens (including phenoxy) is 1. The fraction of sp³-hybridized carbons (Fsp3) is 0.167. The number of hydrogen-bond donors (Lipinski definition) is 2. The SMILES string of the molecule is CCOc1ccccc1NC(=O)CSc1nc2ccccc2c(=O)[nH]1. The van der Waals surface area contributed by atoms with Crippen LogP contribution >= 0.6 is 11.8 Å². The number of benzene rings is 2. The molecule has 3 aromatic rings. The van der Waals surface area contributed by atoms with Crippen LogP contribution in [0.25, 0.3) is 10.9 Å². The molecule has 2 N–H and O–H groups in total. The van der Waals surface area contributed by atoms with Crippen molar-refractivity contribution in [2.45, 2.75) is 12.1 Å². The third kappa shape index (κ3) is 4.19. The quantitative estimate of drug-likeness (QED) is 0.524. The molecule has 0 fully saturated rings. The molecule has 0 radical (unpaired) electrons. The standard InChI is InChI=1S/C18H17N3O3S/c1-2-24-15-10-6-5-9-14(15)19-16(22)11-25-18-20-13-8-4-3-7-12(13)17(23)21-18/h3-10H,2,11H2,1H3,(H,19,22)(H,20,21,23). The summed E-state index contributed by atoms with van der Waals surface area (Å²) in [6, 6.07) is 14.3. The number of aromatic amines is 1. The topological polar surface area (TPSA) is 84.1 Å². The molecule has 128 valence electrons. The number of para-hydroxylation sites is 3. The third-order valence-corrected chi connectivity index (χ3v) is 4.27. The van der Waals surface area contributed by atoms with Crippen molar-refractivity contribution < 1.29 is 9.53 Å². The third-order valence-electron chi connectivity index (χ3n) is 3.39. The Balaban J connectivity index is 1.68. The molecule has 0 aliphatic heterocycles. The first kappa shape index (κ1) is 17.0. The van der Waals surface area contributed by atoms with Crippen LogP contribution in [-0.2, 0) is 4.79 Å². The van der Waals surface area contributed by atoms with Gasteiger partial charge in [-0.25, -0.2) is 4.98 Å². The monoisotopic (exact) mass is 355 g/mol. The van der Waals surface area contributed by atoms with Crippen LogP contribution in [-0.4, -0.2) is 28.2 Å². The summed E-state index contributed by atoms with van der Waals surface area (Å²) in [7, 11) is 0. The second kappa shape index (κ2) is 7.85. The molecule has 0 atom stereocenters. The zero-order valence-electron chi connectivity index (χ0n) is 13.6. The lowest BCUT2D eigenvalue weighted by Gasteiger charge is -2.11. The lowest BCUT2D eigenvalue weighted by Crippen LogP contribution is -2.16. The van der Waals surface area contributed by atoms with Gasteiger partial charge in [0.25, 0.3) is 5.56 Å². The summed E-state index contributed by atoms with van der Waals surface area (Å²) in [5.41, 5.74) is 1.01. The summed E-state index contributed by atoms with van der Waals surface area (Å²) >= 11 is 1.18. The van der Waals surface area contributed by atoms with Gasteiger partial charge in [-0.3, -0.25) is 9.59 Å². The average Bonchev–Trinajstić information content (AvgIpc) is 2.62. The van der Waals surface area contributed by atoms with E-state index in [0.717, 1.165) is 0 Å². The Labute approximate surface area is 148 Å². The van der Waals surface area contributed by atoms with Crippen molar-refractivity contribution in [2.24, 2.45) is 0 Å². The minimum atomic E-state index is -0.213. The number of rotatable bonds is 6. The maximum Gasteiger partial charge on any atom is 0.259 e. The van der Waals surface area contributed by atoms with Crippen LogP contribution in [0.15, 0.2) is 58.5 Å². The van der Waals surface area contributed by atoms with Gasteiger partial charge in [0.15, 0.2) is 5.16 Å². The molecule has 25 heavy (non-hydrogen) atoms. The molecule has 0 saturated carbocycles. The van der Waals surface area contributed by atoms with Gasteiger partial charge < -0.3 is 15.0 Å². The number of H-pyrrole nitrogens is 1. The second-order valence-corrected chi connectivity index (χ2v) is 6.12. The van der Waals surface area contributed by atoms with E-state index in [0.29, 0.717) is 34.1 Å². The minimum Gasteiger partial charge on any atom is -0.492 e. The summed E-state index contributed by atoms with van der Waals surface area (Å²) in [6.07, 6.45) is 0. The molecule has 0 bridgehead atoms. The van der Waals surface area contributed by atoms with Gasteiger partial charge in [-0.1, -0.05) is 36.0 Å². The number of hydrogen-bond acceptors (Lipinski definition) is 5. The second-order valence-electron chi connectivity index (χ2n) is 5.15. The Morgan fingerprint density at radius 1 is 1.20 bits per heavy atom.